The van der Waals surface area contributed by atoms with Crippen LogP contribution in [0.1, 0.15) is 26.2 Å². The molecule has 0 unspecified atom stereocenters. The summed E-state index contributed by atoms with van der Waals surface area (Å²) in [5, 5.41) is 0. The van der Waals surface area contributed by atoms with Crippen molar-refractivity contribution in [1.82, 2.24) is 0 Å². The highest BCUT2D eigenvalue weighted by Crippen LogP contribution is 2.08. The average molecular weight is 163 g/mol. The molecule has 0 heterocycles. The number of ether oxygens (including phenoxy) is 1. The third-order valence-corrected chi connectivity index (χ3v) is 1.70. The quantitative estimate of drug-likeness (QED) is 0.606. The zero-order valence-corrected chi connectivity index (χ0v) is 7.55. The molecule has 0 spiro atoms. The van der Waals surface area contributed by atoms with Crippen molar-refractivity contribution in [3.63, 3.8) is 0 Å². The van der Waals surface area contributed by atoms with Crippen LogP contribution in [0.4, 0.5) is 0 Å². The Hall–Kier alpha value is -0.980. The van der Waals surface area contributed by atoms with Gasteiger partial charge < -0.3 is 4.74 Å². The van der Waals surface area contributed by atoms with Crippen LogP contribution in [-0.2, 0) is 0 Å². The van der Waals surface area contributed by atoms with Gasteiger partial charge in [-0.1, -0.05) is 31.9 Å². The van der Waals surface area contributed by atoms with Crippen LogP contribution >= 0.6 is 0 Å². The van der Waals surface area contributed by atoms with Crippen molar-refractivity contribution in [2.75, 3.05) is 6.61 Å². The largest absolute Gasteiger partial charge is 0.494 e. The standard InChI is InChI=1S/C11H15O/c1-2-3-7-10-12-11-8-5-4-6-9-11/h5-6,8-9H,2-3,7,10H2,1H3. The van der Waals surface area contributed by atoms with E-state index in [9.17, 15) is 0 Å². The summed E-state index contributed by atoms with van der Waals surface area (Å²) in [6.07, 6.45) is 3.64. The number of rotatable bonds is 5. The first-order valence-corrected chi connectivity index (χ1v) is 4.52. The fourth-order valence-electron chi connectivity index (χ4n) is 1.01. The zero-order chi connectivity index (χ0) is 8.65. The van der Waals surface area contributed by atoms with E-state index in [1.807, 2.05) is 24.3 Å². The first kappa shape index (κ1) is 9.11. The van der Waals surface area contributed by atoms with Crippen LogP contribution in [0.5, 0.6) is 5.75 Å². The molecule has 0 atom stereocenters. The van der Waals surface area contributed by atoms with Gasteiger partial charge in [0.25, 0.3) is 0 Å². The summed E-state index contributed by atoms with van der Waals surface area (Å²) in [6, 6.07) is 10.6. The molecule has 12 heavy (non-hydrogen) atoms. The molecule has 0 bridgehead atoms. The van der Waals surface area contributed by atoms with Crippen molar-refractivity contribution < 1.29 is 4.74 Å². The molecule has 1 radical (unpaired) electrons. The highest BCUT2D eigenvalue weighted by atomic mass is 16.5. The van der Waals surface area contributed by atoms with Gasteiger partial charge in [-0.05, 0) is 24.6 Å². The maximum absolute atomic E-state index is 5.49. The summed E-state index contributed by atoms with van der Waals surface area (Å²) in [5.74, 6) is 0.949. The molecule has 0 saturated carbocycles. The second-order valence-electron chi connectivity index (χ2n) is 2.79. The van der Waals surface area contributed by atoms with Crippen LogP contribution in [-0.4, -0.2) is 6.61 Å². The lowest BCUT2D eigenvalue weighted by Gasteiger charge is -2.03. The Morgan fingerprint density at radius 1 is 1.25 bits per heavy atom. The van der Waals surface area contributed by atoms with Crippen molar-refractivity contribution in [2.45, 2.75) is 26.2 Å². The normalized spacial score (nSPS) is 9.75. The summed E-state index contributed by atoms with van der Waals surface area (Å²) in [5.41, 5.74) is 0. The van der Waals surface area contributed by atoms with E-state index in [2.05, 4.69) is 13.0 Å². The predicted molar refractivity (Wildman–Crippen MR) is 50.3 cm³/mol. The first-order chi connectivity index (χ1) is 5.93. The van der Waals surface area contributed by atoms with Gasteiger partial charge >= 0.3 is 0 Å². The Bertz CT molecular complexity index is 193. The minimum absolute atomic E-state index is 0.831. The van der Waals surface area contributed by atoms with Crippen LogP contribution in [0.2, 0.25) is 0 Å². The number of hydrogen-bond acceptors (Lipinski definition) is 1. The Balaban J connectivity index is 2.16. The lowest BCUT2D eigenvalue weighted by Crippen LogP contribution is -1.96. The summed E-state index contributed by atoms with van der Waals surface area (Å²) >= 11 is 0. The fraction of sp³-hybridized carbons (Fsp3) is 0.455. The highest BCUT2D eigenvalue weighted by molar-refractivity contribution is 5.20. The van der Waals surface area contributed by atoms with E-state index in [0.717, 1.165) is 18.8 Å². The highest BCUT2D eigenvalue weighted by Gasteiger charge is 1.90. The van der Waals surface area contributed by atoms with Crippen LogP contribution in [0, 0.1) is 6.07 Å². The molecule has 0 aliphatic heterocycles. The van der Waals surface area contributed by atoms with Crippen molar-refractivity contribution in [3.8, 4) is 5.75 Å². The monoisotopic (exact) mass is 163 g/mol. The molecule has 1 heteroatoms. The van der Waals surface area contributed by atoms with Gasteiger partial charge in [-0.25, -0.2) is 0 Å². The minimum Gasteiger partial charge on any atom is -0.494 e. The lowest BCUT2D eigenvalue weighted by molar-refractivity contribution is 0.306. The number of unbranched alkanes of at least 4 members (excludes halogenated alkanes) is 2. The van der Waals surface area contributed by atoms with E-state index in [0.29, 0.717) is 0 Å². The summed E-state index contributed by atoms with van der Waals surface area (Å²) in [7, 11) is 0. The maximum atomic E-state index is 5.49. The van der Waals surface area contributed by atoms with Crippen molar-refractivity contribution in [3.05, 3.63) is 30.3 Å². The summed E-state index contributed by atoms with van der Waals surface area (Å²) in [4.78, 5) is 0. The molecule has 1 nitrogen and oxygen atoms in total. The van der Waals surface area contributed by atoms with E-state index in [-0.39, 0.29) is 0 Å². The second kappa shape index (κ2) is 5.64. The van der Waals surface area contributed by atoms with Crippen LogP contribution < -0.4 is 4.74 Å². The van der Waals surface area contributed by atoms with E-state index >= 15 is 0 Å². The smallest absolute Gasteiger partial charge is 0.119 e. The molecule has 0 aromatic heterocycles. The average Bonchev–Trinajstić information content (AvgIpc) is 2.14. The number of benzene rings is 1. The van der Waals surface area contributed by atoms with Gasteiger partial charge in [0, 0.05) is 0 Å². The van der Waals surface area contributed by atoms with E-state index in [4.69, 9.17) is 4.74 Å². The van der Waals surface area contributed by atoms with Gasteiger partial charge in [-0.2, -0.15) is 0 Å². The first-order valence-electron chi connectivity index (χ1n) is 4.52. The SMILES string of the molecule is CCCCCOc1cc[c]cc1. The van der Waals surface area contributed by atoms with Gasteiger partial charge in [0.05, 0.1) is 6.61 Å². The van der Waals surface area contributed by atoms with Crippen LogP contribution in [0.3, 0.4) is 0 Å². The Labute approximate surface area is 74.4 Å². The van der Waals surface area contributed by atoms with Crippen molar-refractivity contribution in [1.29, 1.82) is 0 Å². The van der Waals surface area contributed by atoms with Gasteiger partial charge in [0.1, 0.15) is 5.75 Å². The van der Waals surface area contributed by atoms with Gasteiger partial charge in [-0.15, -0.1) is 0 Å². The zero-order valence-electron chi connectivity index (χ0n) is 7.55. The summed E-state index contributed by atoms with van der Waals surface area (Å²) < 4.78 is 5.49. The molecule has 1 rings (SSSR count). The molecule has 0 aliphatic rings. The summed E-state index contributed by atoms with van der Waals surface area (Å²) in [6.45, 7) is 3.02. The third-order valence-electron chi connectivity index (χ3n) is 1.70. The van der Waals surface area contributed by atoms with Gasteiger partial charge in [0.2, 0.25) is 0 Å². The lowest BCUT2D eigenvalue weighted by atomic mass is 10.3. The maximum Gasteiger partial charge on any atom is 0.119 e. The molecule has 0 aliphatic carbocycles. The van der Waals surface area contributed by atoms with Crippen LogP contribution in [0.25, 0.3) is 0 Å². The molecular formula is C11H15O. The molecule has 0 amide bonds. The Kier molecular flexibility index (Phi) is 4.28. The molecule has 1 aromatic rings. The third kappa shape index (κ3) is 3.42. The second-order valence-corrected chi connectivity index (χ2v) is 2.79. The molecular weight excluding hydrogens is 148 g/mol. The van der Waals surface area contributed by atoms with Gasteiger partial charge in [0.15, 0.2) is 0 Å². The van der Waals surface area contributed by atoms with Crippen molar-refractivity contribution >= 4 is 0 Å². The van der Waals surface area contributed by atoms with E-state index < -0.39 is 0 Å². The number of hydrogen-bond donors (Lipinski definition) is 0. The molecule has 0 fully saturated rings. The topological polar surface area (TPSA) is 9.23 Å². The Morgan fingerprint density at radius 2 is 2.00 bits per heavy atom. The predicted octanol–water partition coefficient (Wildman–Crippen LogP) is 3.06. The minimum atomic E-state index is 0.831. The van der Waals surface area contributed by atoms with E-state index in [1.165, 1.54) is 12.8 Å². The molecule has 0 saturated heterocycles. The molecule has 65 valence electrons. The fourth-order valence-corrected chi connectivity index (χ4v) is 1.01. The van der Waals surface area contributed by atoms with E-state index in [1.54, 1.807) is 0 Å². The van der Waals surface area contributed by atoms with Crippen molar-refractivity contribution in [2.24, 2.45) is 0 Å². The molecule has 0 N–H and O–H groups in total. The molecule has 1 aromatic carbocycles. The Morgan fingerprint density at radius 3 is 2.67 bits per heavy atom. The van der Waals surface area contributed by atoms with Gasteiger partial charge in [-0.3, -0.25) is 0 Å². The van der Waals surface area contributed by atoms with Crippen LogP contribution in [0.15, 0.2) is 24.3 Å².